The lowest BCUT2D eigenvalue weighted by atomic mass is 10.2. The topological polar surface area (TPSA) is 9.23 Å². The molecule has 0 aliphatic carbocycles. The zero-order valence-electron chi connectivity index (χ0n) is 6.93. The molecule has 1 rings (SSSR count). The summed E-state index contributed by atoms with van der Waals surface area (Å²) in [6, 6.07) is 4.39. The average Bonchev–Trinajstić information content (AvgIpc) is 2.04. The van der Waals surface area contributed by atoms with Gasteiger partial charge in [-0.2, -0.15) is 0 Å². The van der Waals surface area contributed by atoms with Gasteiger partial charge in [-0.15, -0.1) is 0 Å². The summed E-state index contributed by atoms with van der Waals surface area (Å²) >= 11 is 0. The van der Waals surface area contributed by atoms with Crippen molar-refractivity contribution in [2.24, 2.45) is 0 Å². The Kier molecular flexibility index (Phi) is 2.86. The van der Waals surface area contributed by atoms with Gasteiger partial charge in [0.15, 0.2) is 0 Å². The number of benzene rings is 1. The summed E-state index contributed by atoms with van der Waals surface area (Å²) in [4.78, 5) is 0. The minimum absolute atomic E-state index is 0.327. The van der Waals surface area contributed by atoms with Crippen molar-refractivity contribution in [3.63, 3.8) is 0 Å². The van der Waals surface area contributed by atoms with Crippen molar-refractivity contribution in [3.05, 3.63) is 42.2 Å². The van der Waals surface area contributed by atoms with E-state index in [4.69, 9.17) is 4.74 Å². The molecule has 0 aromatic heterocycles. The Bertz CT molecular complexity index is 281. The fraction of sp³-hybridized carbons (Fsp3) is 0.200. The highest BCUT2D eigenvalue weighted by Gasteiger charge is 1.98. The van der Waals surface area contributed by atoms with Crippen molar-refractivity contribution < 1.29 is 9.13 Å². The van der Waals surface area contributed by atoms with Crippen LogP contribution in [0.25, 0.3) is 0 Å². The smallest absolute Gasteiger partial charge is 0.127 e. The van der Waals surface area contributed by atoms with Crippen molar-refractivity contribution in [1.29, 1.82) is 0 Å². The predicted octanol–water partition coefficient (Wildman–Crippen LogP) is 2.56. The normalized spacial score (nSPS) is 9.50. The van der Waals surface area contributed by atoms with E-state index < -0.39 is 0 Å². The van der Waals surface area contributed by atoms with Crippen LogP contribution < -0.4 is 4.74 Å². The van der Waals surface area contributed by atoms with Gasteiger partial charge < -0.3 is 4.74 Å². The number of hydrogen-bond acceptors (Lipinski definition) is 1. The van der Waals surface area contributed by atoms with Gasteiger partial charge in [0.2, 0.25) is 0 Å². The van der Waals surface area contributed by atoms with Gasteiger partial charge in [0.25, 0.3) is 0 Å². The van der Waals surface area contributed by atoms with Crippen LogP contribution in [0.3, 0.4) is 0 Å². The molecule has 0 fully saturated rings. The second-order valence-corrected chi connectivity index (χ2v) is 2.29. The Morgan fingerprint density at radius 3 is 2.83 bits per heavy atom. The van der Waals surface area contributed by atoms with Crippen LogP contribution in [0, 0.1) is 11.9 Å². The molecule has 0 aliphatic rings. The molecule has 0 atom stereocenters. The minimum Gasteiger partial charge on any atom is -0.494 e. The maximum Gasteiger partial charge on any atom is 0.127 e. The van der Waals surface area contributed by atoms with Crippen molar-refractivity contribution >= 4 is 0 Å². The molecule has 0 saturated carbocycles. The average molecular weight is 165 g/mol. The number of halogens is 1. The summed E-state index contributed by atoms with van der Waals surface area (Å²) in [5, 5.41) is 0. The maximum absolute atomic E-state index is 12.8. The summed E-state index contributed by atoms with van der Waals surface area (Å²) in [7, 11) is 0. The van der Waals surface area contributed by atoms with E-state index >= 15 is 0 Å². The number of hydrogen-bond donors (Lipinski definition) is 0. The largest absolute Gasteiger partial charge is 0.494 e. The summed E-state index contributed by atoms with van der Waals surface area (Å²) in [6.07, 6.45) is 2.60. The highest BCUT2D eigenvalue weighted by atomic mass is 19.1. The fourth-order valence-electron chi connectivity index (χ4n) is 0.915. The zero-order chi connectivity index (χ0) is 8.97. The molecular weight excluding hydrogens is 155 g/mol. The van der Waals surface area contributed by atoms with Gasteiger partial charge >= 0.3 is 0 Å². The van der Waals surface area contributed by atoms with Gasteiger partial charge in [0, 0.05) is 6.07 Å². The van der Waals surface area contributed by atoms with Gasteiger partial charge in [-0.1, -0.05) is 6.58 Å². The van der Waals surface area contributed by atoms with Crippen molar-refractivity contribution in [2.45, 2.75) is 6.92 Å². The fourth-order valence-corrected chi connectivity index (χ4v) is 0.915. The van der Waals surface area contributed by atoms with E-state index in [1.807, 2.05) is 6.92 Å². The van der Waals surface area contributed by atoms with E-state index in [0.29, 0.717) is 17.9 Å². The monoisotopic (exact) mass is 165 g/mol. The first-order valence-electron chi connectivity index (χ1n) is 3.72. The molecular formula is C10H10FO. The van der Waals surface area contributed by atoms with Crippen LogP contribution in [0.2, 0.25) is 0 Å². The third-order valence-electron chi connectivity index (χ3n) is 1.39. The number of ether oxygens (including phenoxy) is 1. The van der Waals surface area contributed by atoms with Crippen LogP contribution in [0.5, 0.6) is 5.75 Å². The lowest BCUT2D eigenvalue weighted by Gasteiger charge is -2.03. The lowest BCUT2D eigenvalue weighted by Crippen LogP contribution is -1.92. The van der Waals surface area contributed by atoms with Crippen LogP contribution in [0.4, 0.5) is 4.39 Å². The van der Waals surface area contributed by atoms with E-state index in [-0.39, 0.29) is 5.82 Å². The molecule has 0 bridgehead atoms. The first-order chi connectivity index (χ1) is 5.76. The second-order valence-electron chi connectivity index (χ2n) is 2.29. The molecule has 0 amide bonds. The summed E-state index contributed by atoms with van der Waals surface area (Å²) in [6.45, 7) is 5.80. The third-order valence-corrected chi connectivity index (χ3v) is 1.39. The van der Waals surface area contributed by atoms with Crippen molar-refractivity contribution in [2.75, 3.05) is 6.61 Å². The van der Waals surface area contributed by atoms with E-state index in [1.165, 1.54) is 12.1 Å². The van der Waals surface area contributed by atoms with Crippen LogP contribution in [0.15, 0.2) is 24.8 Å². The highest BCUT2D eigenvalue weighted by molar-refractivity contribution is 5.32. The summed E-state index contributed by atoms with van der Waals surface area (Å²) in [5.74, 6) is 0.191. The molecule has 1 aromatic rings. The minimum atomic E-state index is -0.327. The first kappa shape index (κ1) is 8.78. The lowest BCUT2D eigenvalue weighted by molar-refractivity contribution is 0.338. The highest BCUT2D eigenvalue weighted by Crippen LogP contribution is 2.15. The Labute approximate surface area is 71.5 Å². The second kappa shape index (κ2) is 3.90. The molecule has 63 valence electrons. The van der Waals surface area contributed by atoms with E-state index in [1.54, 1.807) is 6.07 Å². The van der Waals surface area contributed by atoms with Gasteiger partial charge in [-0.3, -0.25) is 0 Å². The molecule has 0 heterocycles. The van der Waals surface area contributed by atoms with Crippen LogP contribution in [0.1, 0.15) is 12.5 Å². The van der Waals surface area contributed by atoms with Gasteiger partial charge in [-0.25, -0.2) is 4.39 Å². The Morgan fingerprint density at radius 1 is 1.50 bits per heavy atom. The van der Waals surface area contributed by atoms with E-state index in [2.05, 4.69) is 12.7 Å². The Hall–Kier alpha value is -1.31. The molecule has 0 saturated heterocycles. The Balaban J connectivity index is 2.97. The molecule has 12 heavy (non-hydrogen) atoms. The third kappa shape index (κ3) is 2.09. The molecule has 2 heteroatoms. The Morgan fingerprint density at radius 2 is 2.25 bits per heavy atom. The SMILES string of the molecule is C=[C]c1cc(F)cc(OCC)c1. The quantitative estimate of drug-likeness (QED) is 0.668. The summed E-state index contributed by atoms with van der Waals surface area (Å²) < 4.78 is 17.9. The molecule has 0 unspecified atom stereocenters. The van der Waals surface area contributed by atoms with E-state index in [0.717, 1.165) is 0 Å². The van der Waals surface area contributed by atoms with Gasteiger partial charge in [0.05, 0.1) is 6.61 Å². The van der Waals surface area contributed by atoms with Crippen molar-refractivity contribution in [1.82, 2.24) is 0 Å². The van der Waals surface area contributed by atoms with Crippen LogP contribution in [-0.2, 0) is 0 Å². The van der Waals surface area contributed by atoms with Crippen LogP contribution >= 0.6 is 0 Å². The van der Waals surface area contributed by atoms with E-state index in [9.17, 15) is 4.39 Å². The first-order valence-corrected chi connectivity index (χ1v) is 3.72. The molecule has 1 radical (unpaired) electrons. The predicted molar refractivity (Wildman–Crippen MR) is 45.5 cm³/mol. The molecule has 0 spiro atoms. The molecule has 1 nitrogen and oxygen atoms in total. The standard InChI is InChI=1S/C10H10FO/c1-3-8-5-9(11)7-10(6-8)12-4-2/h5-7H,1,4H2,2H3. The zero-order valence-corrected chi connectivity index (χ0v) is 6.93. The van der Waals surface area contributed by atoms with Gasteiger partial charge in [-0.05, 0) is 30.7 Å². The summed E-state index contributed by atoms with van der Waals surface area (Å²) in [5.41, 5.74) is 0.610. The molecule has 1 aromatic carbocycles. The van der Waals surface area contributed by atoms with Crippen molar-refractivity contribution in [3.8, 4) is 5.75 Å². The molecule has 0 N–H and O–H groups in total. The molecule has 0 aliphatic heterocycles. The van der Waals surface area contributed by atoms with Gasteiger partial charge in [0.1, 0.15) is 11.6 Å². The maximum atomic E-state index is 12.8. The van der Waals surface area contributed by atoms with Crippen LogP contribution in [-0.4, -0.2) is 6.61 Å². The number of rotatable bonds is 3.